The second-order valence-electron chi connectivity index (χ2n) is 6.56. The molecule has 0 heterocycles. The zero-order valence-corrected chi connectivity index (χ0v) is 13.9. The molecule has 0 saturated carbocycles. The average Bonchev–Trinajstić information content (AvgIpc) is 2.36. The molecule has 5 nitrogen and oxygen atoms in total. The lowest BCUT2D eigenvalue weighted by atomic mass is 10.0. The summed E-state index contributed by atoms with van der Waals surface area (Å²) in [6.45, 7) is 9.25. The van der Waals surface area contributed by atoms with Crippen LogP contribution in [-0.2, 0) is 9.53 Å². The van der Waals surface area contributed by atoms with Crippen molar-refractivity contribution in [3.05, 3.63) is 30.3 Å². The molecule has 122 valence electrons. The van der Waals surface area contributed by atoms with Gasteiger partial charge in [0.05, 0.1) is 0 Å². The second kappa shape index (κ2) is 7.82. The number of rotatable bonds is 5. The number of benzene rings is 1. The summed E-state index contributed by atoms with van der Waals surface area (Å²) >= 11 is 0. The van der Waals surface area contributed by atoms with E-state index in [1.54, 1.807) is 45.0 Å². The van der Waals surface area contributed by atoms with Gasteiger partial charge in [-0.15, -0.1) is 0 Å². The minimum atomic E-state index is -0.741. The number of ether oxygens (including phenoxy) is 2. The topological polar surface area (TPSA) is 64.6 Å². The SMILES string of the molecule is CC(C)CC(NC(=O)OC(C)(C)C)C(=O)Oc1ccccc1. The van der Waals surface area contributed by atoms with Crippen molar-refractivity contribution in [2.75, 3.05) is 0 Å². The van der Waals surface area contributed by atoms with Gasteiger partial charge in [-0.1, -0.05) is 32.0 Å². The van der Waals surface area contributed by atoms with Gasteiger partial charge in [0.2, 0.25) is 0 Å². The monoisotopic (exact) mass is 307 g/mol. The van der Waals surface area contributed by atoms with Gasteiger partial charge in [0.15, 0.2) is 0 Å². The molecule has 1 N–H and O–H groups in total. The van der Waals surface area contributed by atoms with Crippen LogP contribution in [0.25, 0.3) is 0 Å². The number of esters is 1. The van der Waals surface area contributed by atoms with E-state index in [2.05, 4.69) is 5.32 Å². The van der Waals surface area contributed by atoms with E-state index in [1.807, 2.05) is 19.9 Å². The molecule has 1 unspecified atom stereocenters. The molecule has 0 aliphatic carbocycles. The Kier molecular flexibility index (Phi) is 6.40. The second-order valence-corrected chi connectivity index (χ2v) is 6.56. The van der Waals surface area contributed by atoms with Crippen molar-refractivity contribution < 1.29 is 19.1 Å². The van der Waals surface area contributed by atoms with Crippen molar-refractivity contribution in [3.63, 3.8) is 0 Å². The van der Waals surface area contributed by atoms with Gasteiger partial charge in [-0.25, -0.2) is 9.59 Å². The number of carbonyl (C=O) groups is 2. The lowest BCUT2D eigenvalue weighted by Crippen LogP contribution is -2.45. The number of para-hydroxylation sites is 1. The molecule has 0 aliphatic heterocycles. The van der Waals surface area contributed by atoms with Gasteiger partial charge in [0.25, 0.3) is 0 Å². The molecule has 1 rings (SSSR count). The summed E-state index contributed by atoms with van der Waals surface area (Å²) in [6, 6.07) is 8.04. The largest absolute Gasteiger partial charge is 0.444 e. The van der Waals surface area contributed by atoms with Crippen LogP contribution in [-0.4, -0.2) is 23.7 Å². The van der Waals surface area contributed by atoms with Gasteiger partial charge in [-0.05, 0) is 45.2 Å². The van der Waals surface area contributed by atoms with Gasteiger partial charge in [-0.3, -0.25) is 0 Å². The Balaban J connectivity index is 2.71. The first-order valence-electron chi connectivity index (χ1n) is 7.43. The minimum Gasteiger partial charge on any atom is -0.444 e. The minimum absolute atomic E-state index is 0.225. The summed E-state index contributed by atoms with van der Waals surface area (Å²) in [7, 11) is 0. The van der Waals surface area contributed by atoms with Crippen LogP contribution >= 0.6 is 0 Å². The number of alkyl carbamates (subject to hydrolysis) is 1. The molecular formula is C17H25NO4. The van der Waals surface area contributed by atoms with E-state index in [-0.39, 0.29) is 5.92 Å². The summed E-state index contributed by atoms with van der Waals surface area (Å²) in [5.41, 5.74) is -0.615. The van der Waals surface area contributed by atoms with Crippen molar-refractivity contribution in [2.24, 2.45) is 5.92 Å². The van der Waals surface area contributed by atoms with E-state index in [1.165, 1.54) is 0 Å². The number of hydrogen-bond donors (Lipinski definition) is 1. The smallest absolute Gasteiger partial charge is 0.408 e. The van der Waals surface area contributed by atoms with Crippen LogP contribution in [0.3, 0.4) is 0 Å². The first-order chi connectivity index (χ1) is 10.2. The van der Waals surface area contributed by atoms with Gasteiger partial charge in [0, 0.05) is 0 Å². The maximum Gasteiger partial charge on any atom is 0.408 e. The Bertz CT molecular complexity index is 491. The van der Waals surface area contributed by atoms with Gasteiger partial charge < -0.3 is 14.8 Å². The fourth-order valence-electron chi connectivity index (χ4n) is 1.81. The summed E-state index contributed by atoms with van der Waals surface area (Å²) in [4.78, 5) is 24.1. The van der Waals surface area contributed by atoms with E-state index < -0.39 is 23.7 Å². The predicted molar refractivity (Wildman–Crippen MR) is 84.7 cm³/mol. The average molecular weight is 307 g/mol. The molecule has 0 spiro atoms. The van der Waals surface area contributed by atoms with Crippen LogP contribution in [0, 0.1) is 5.92 Å². The maximum absolute atomic E-state index is 12.3. The molecular weight excluding hydrogens is 282 g/mol. The van der Waals surface area contributed by atoms with Crippen molar-refractivity contribution in [1.82, 2.24) is 5.32 Å². The van der Waals surface area contributed by atoms with E-state index in [9.17, 15) is 9.59 Å². The van der Waals surface area contributed by atoms with Crippen molar-refractivity contribution in [3.8, 4) is 5.75 Å². The van der Waals surface area contributed by atoms with Crippen LogP contribution in [0.15, 0.2) is 30.3 Å². The van der Waals surface area contributed by atoms with E-state index in [0.29, 0.717) is 12.2 Å². The molecule has 0 saturated heterocycles. The molecule has 22 heavy (non-hydrogen) atoms. The molecule has 0 radical (unpaired) electrons. The number of nitrogens with one attached hydrogen (secondary N) is 1. The van der Waals surface area contributed by atoms with Crippen LogP contribution in [0.4, 0.5) is 4.79 Å². The van der Waals surface area contributed by atoms with Crippen LogP contribution in [0.5, 0.6) is 5.75 Å². The molecule has 1 aromatic carbocycles. The van der Waals surface area contributed by atoms with E-state index >= 15 is 0 Å². The summed E-state index contributed by atoms with van der Waals surface area (Å²) < 4.78 is 10.5. The van der Waals surface area contributed by atoms with E-state index in [4.69, 9.17) is 9.47 Å². The molecule has 1 aromatic rings. The van der Waals surface area contributed by atoms with Crippen molar-refractivity contribution >= 4 is 12.1 Å². The highest BCUT2D eigenvalue weighted by Crippen LogP contribution is 2.13. The lowest BCUT2D eigenvalue weighted by Gasteiger charge is -2.23. The Labute approximate surface area is 132 Å². The Morgan fingerprint density at radius 3 is 2.23 bits per heavy atom. The highest BCUT2D eigenvalue weighted by molar-refractivity contribution is 5.83. The van der Waals surface area contributed by atoms with E-state index in [0.717, 1.165) is 0 Å². The Hall–Kier alpha value is -2.04. The van der Waals surface area contributed by atoms with Crippen LogP contribution in [0.1, 0.15) is 41.0 Å². The molecule has 0 fully saturated rings. The van der Waals surface area contributed by atoms with Crippen LogP contribution in [0.2, 0.25) is 0 Å². The molecule has 0 aliphatic rings. The Morgan fingerprint density at radius 1 is 1.14 bits per heavy atom. The quantitative estimate of drug-likeness (QED) is 0.667. The molecule has 0 aromatic heterocycles. The fourth-order valence-corrected chi connectivity index (χ4v) is 1.81. The summed E-state index contributed by atoms with van der Waals surface area (Å²) in [6.07, 6.45) is -0.145. The third kappa shape index (κ3) is 7.11. The zero-order valence-electron chi connectivity index (χ0n) is 13.9. The fraction of sp³-hybridized carbons (Fsp3) is 0.529. The third-order valence-electron chi connectivity index (χ3n) is 2.64. The third-order valence-corrected chi connectivity index (χ3v) is 2.64. The first kappa shape index (κ1) is 18.0. The number of hydrogen-bond acceptors (Lipinski definition) is 4. The lowest BCUT2D eigenvalue weighted by molar-refractivity contribution is -0.137. The van der Waals surface area contributed by atoms with Gasteiger partial charge in [0.1, 0.15) is 17.4 Å². The Morgan fingerprint density at radius 2 is 1.73 bits per heavy atom. The zero-order chi connectivity index (χ0) is 16.8. The van der Waals surface area contributed by atoms with Gasteiger partial charge in [-0.2, -0.15) is 0 Å². The van der Waals surface area contributed by atoms with Gasteiger partial charge >= 0.3 is 12.1 Å². The molecule has 5 heteroatoms. The number of amides is 1. The van der Waals surface area contributed by atoms with Crippen LogP contribution < -0.4 is 10.1 Å². The normalized spacial score (nSPS) is 12.6. The number of carbonyl (C=O) groups excluding carboxylic acids is 2. The first-order valence-corrected chi connectivity index (χ1v) is 7.43. The maximum atomic E-state index is 12.3. The standard InChI is InChI=1S/C17H25NO4/c1-12(2)11-14(18-16(20)22-17(3,4)5)15(19)21-13-9-7-6-8-10-13/h6-10,12,14H,11H2,1-5H3,(H,18,20). The molecule has 0 bridgehead atoms. The highest BCUT2D eigenvalue weighted by Gasteiger charge is 2.26. The molecule has 1 amide bonds. The summed E-state index contributed by atoms with van der Waals surface area (Å²) in [5.74, 6) is 0.182. The highest BCUT2D eigenvalue weighted by atomic mass is 16.6. The van der Waals surface area contributed by atoms with Crippen molar-refractivity contribution in [2.45, 2.75) is 52.7 Å². The van der Waals surface area contributed by atoms with Crippen molar-refractivity contribution in [1.29, 1.82) is 0 Å². The molecule has 1 atom stereocenters. The summed E-state index contributed by atoms with van der Waals surface area (Å²) in [5, 5.41) is 2.59. The predicted octanol–water partition coefficient (Wildman–Crippen LogP) is 3.53.